The second-order valence-electron chi connectivity index (χ2n) is 16.6. The molecule has 1 aromatic rings. The molecule has 0 aliphatic rings. The Bertz CT molecular complexity index is 1280. The van der Waals surface area contributed by atoms with Gasteiger partial charge in [0.05, 0.1) is 36.9 Å². The summed E-state index contributed by atoms with van der Waals surface area (Å²) in [5, 5.41) is 0. The highest BCUT2D eigenvalue weighted by molar-refractivity contribution is 8.00. The highest BCUT2D eigenvalue weighted by atomic mass is 32.2. The van der Waals surface area contributed by atoms with Crippen LogP contribution in [0.4, 0.5) is 0 Å². The molecule has 0 aromatic carbocycles. The first kappa shape index (κ1) is 58.9. The Morgan fingerprint density at radius 2 is 0.556 bits per heavy atom. The molecule has 0 unspecified atom stereocenters. The van der Waals surface area contributed by atoms with Gasteiger partial charge in [0.1, 0.15) is 19.8 Å². The number of nitrogens with zero attached hydrogens (tertiary/aromatic N) is 3. The van der Waals surface area contributed by atoms with Crippen LogP contribution in [0, 0.1) is 0 Å². The van der Waals surface area contributed by atoms with Crippen LogP contribution in [0.2, 0.25) is 0 Å². The van der Waals surface area contributed by atoms with Crippen LogP contribution in [0.3, 0.4) is 0 Å². The van der Waals surface area contributed by atoms with Gasteiger partial charge in [-0.2, -0.15) is 35.3 Å². The van der Waals surface area contributed by atoms with E-state index in [1.807, 2.05) is 0 Å². The van der Waals surface area contributed by atoms with Crippen LogP contribution >= 0.6 is 35.3 Å². The Balaban J connectivity index is 2.66. The zero-order valence-electron chi connectivity index (χ0n) is 39.8. The molecule has 0 radical (unpaired) electrons. The third-order valence-electron chi connectivity index (χ3n) is 11.0. The largest absolute Gasteiger partial charge is 0.463 e. The lowest BCUT2D eigenvalue weighted by Crippen LogP contribution is -2.55. The highest BCUT2D eigenvalue weighted by Gasteiger charge is 2.17. The van der Waals surface area contributed by atoms with Gasteiger partial charge in [-0.05, 0) is 36.5 Å². The van der Waals surface area contributed by atoms with Gasteiger partial charge in [0, 0.05) is 0 Å². The van der Waals surface area contributed by atoms with Crippen molar-refractivity contribution >= 4 is 53.2 Å². The average Bonchev–Trinajstić information content (AvgIpc) is 3.27. The van der Waals surface area contributed by atoms with Crippen LogP contribution in [-0.4, -0.2) is 85.9 Å². The molecule has 0 amide bonds. The maximum Gasteiger partial charge on any atom is 0.336 e. The van der Waals surface area contributed by atoms with Crippen LogP contribution in [0.5, 0.6) is 0 Å². The molecule has 0 saturated heterocycles. The van der Waals surface area contributed by atoms with Crippen molar-refractivity contribution in [1.82, 2.24) is 13.7 Å². The van der Waals surface area contributed by atoms with Gasteiger partial charge in [0.25, 0.3) is 0 Å². The Morgan fingerprint density at radius 1 is 0.349 bits per heavy atom. The van der Waals surface area contributed by atoms with Crippen LogP contribution in [0.15, 0.2) is 14.4 Å². The third-order valence-corrected chi connectivity index (χ3v) is 14.0. The maximum atomic E-state index is 13.5. The standard InChI is InChI=1S/C48H87N3O9S3/c1-4-7-10-13-16-19-22-25-28-37-61-40-43(52)58-34-31-49-46(55)50(32-35-59-44(53)41-62-38-29-26-23-20-17-14-11-8-5-2)48(57)51(47(49)56)33-36-60-45(54)42-63-39-30-27-24-21-18-15-12-9-6-3/h4-42H2,1-3H3. The van der Waals surface area contributed by atoms with E-state index in [1.54, 1.807) is 0 Å². The van der Waals surface area contributed by atoms with Crippen molar-refractivity contribution < 1.29 is 28.6 Å². The number of thioether (sulfide) groups is 3. The van der Waals surface area contributed by atoms with E-state index >= 15 is 0 Å². The van der Waals surface area contributed by atoms with E-state index in [2.05, 4.69) is 20.8 Å². The molecule has 0 spiro atoms. The van der Waals surface area contributed by atoms with E-state index in [4.69, 9.17) is 14.2 Å². The number of aromatic nitrogens is 3. The minimum Gasteiger partial charge on any atom is -0.463 e. The van der Waals surface area contributed by atoms with Crippen molar-refractivity contribution in [2.24, 2.45) is 0 Å². The van der Waals surface area contributed by atoms with Crippen molar-refractivity contribution in [3.63, 3.8) is 0 Å². The summed E-state index contributed by atoms with van der Waals surface area (Å²) in [6.07, 6.45) is 33.2. The summed E-state index contributed by atoms with van der Waals surface area (Å²) in [6, 6.07) is 0. The topological polar surface area (TPSA) is 145 Å². The Labute approximate surface area is 393 Å². The first-order chi connectivity index (χ1) is 30.8. The average molecular weight is 946 g/mol. The fraction of sp³-hybridized carbons (Fsp3) is 0.875. The molecule has 0 fully saturated rings. The number of ether oxygens (including phenoxy) is 3. The molecular weight excluding hydrogens is 859 g/mol. The van der Waals surface area contributed by atoms with Gasteiger partial charge in [-0.25, -0.2) is 28.1 Å². The molecule has 1 aromatic heterocycles. The number of carbonyl (C=O) groups is 3. The number of hydrogen-bond donors (Lipinski definition) is 0. The van der Waals surface area contributed by atoms with Crippen molar-refractivity contribution in [3.05, 3.63) is 31.5 Å². The molecule has 0 N–H and O–H groups in total. The van der Waals surface area contributed by atoms with E-state index in [1.165, 1.54) is 170 Å². The molecule has 366 valence electrons. The van der Waals surface area contributed by atoms with Crippen LogP contribution in [0.1, 0.15) is 194 Å². The minimum absolute atomic E-state index is 0.168. The van der Waals surface area contributed by atoms with Gasteiger partial charge in [0.2, 0.25) is 0 Å². The molecule has 0 saturated carbocycles. The predicted octanol–water partition coefficient (Wildman–Crippen LogP) is 10.6. The number of hydrogen-bond acceptors (Lipinski definition) is 12. The quantitative estimate of drug-likeness (QED) is 0.0349. The van der Waals surface area contributed by atoms with E-state index in [0.29, 0.717) is 0 Å². The van der Waals surface area contributed by atoms with Crippen LogP contribution in [-0.2, 0) is 48.2 Å². The first-order valence-electron chi connectivity index (χ1n) is 24.9. The molecule has 12 nitrogen and oxygen atoms in total. The van der Waals surface area contributed by atoms with Crippen molar-refractivity contribution in [2.75, 3.05) is 54.3 Å². The minimum atomic E-state index is -0.891. The zero-order valence-corrected chi connectivity index (χ0v) is 42.3. The van der Waals surface area contributed by atoms with Crippen molar-refractivity contribution in [3.8, 4) is 0 Å². The summed E-state index contributed by atoms with van der Waals surface area (Å²) in [5.41, 5.74) is -2.67. The Hall–Kier alpha value is -2.13. The zero-order chi connectivity index (χ0) is 46.0. The van der Waals surface area contributed by atoms with Gasteiger partial charge in [-0.1, -0.05) is 175 Å². The molecule has 0 bridgehead atoms. The SMILES string of the molecule is CCCCCCCCCCCSCC(=O)OCCn1c(=O)n(CCOC(=O)CSCCCCCCCCCCC)c(=O)n(CCOC(=O)CSCCCCCCCCCCC)c1=O. The van der Waals surface area contributed by atoms with Crippen molar-refractivity contribution in [2.45, 2.75) is 214 Å². The van der Waals surface area contributed by atoms with Gasteiger partial charge in [-0.15, -0.1) is 0 Å². The molecule has 0 atom stereocenters. The van der Waals surface area contributed by atoms with Gasteiger partial charge in [-0.3, -0.25) is 14.4 Å². The third kappa shape index (κ3) is 32.2. The van der Waals surface area contributed by atoms with E-state index < -0.39 is 35.0 Å². The van der Waals surface area contributed by atoms with Crippen LogP contribution in [0.25, 0.3) is 0 Å². The monoisotopic (exact) mass is 946 g/mol. The summed E-state index contributed by atoms with van der Waals surface area (Å²) < 4.78 is 18.6. The number of rotatable bonds is 45. The summed E-state index contributed by atoms with van der Waals surface area (Å²) in [5.74, 6) is 1.74. The van der Waals surface area contributed by atoms with Crippen LogP contribution < -0.4 is 17.1 Å². The maximum absolute atomic E-state index is 13.5. The van der Waals surface area contributed by atoms with Gasteiger partial charge < -0.3 is 14.2 Å². The summed E-state index contributed by atoms with van der Waals surface area (Å²) in [7, 11) is 0. The van der Waals surface area contributed by atoms with E-state index in [-0.39, 0.29) is 56.7 Å². The molecule has 1 rings (SSSR count). The Kier molecular flexibility index (Phi) is 39.7. The lowest BCUT2D eigenvalue weighted by Gasteiger charge is -2.14. The lowest BCUT2D eigenvalue weighted by molar-refractivity contribution is -0.141. The fourth-order valence-corrected chi connectivity index (χ4v) is 9.55. The fourth-order valence-electron chi connectivity index (χ4n) is 7.14. The molecular formula is C48H87N3O9S3. The van der Waals surface area contributed by atoms with Crippen molar-refractivity contribution in [1.29, 1.82) is 0 Å². The lowest BCUT2D eigenvalue weighted by atomic mass is 10.1. The molecule has 0 aliphatic carbocycles. The highest BCUT2D eigenvalue weighted by Crippen LogP contribution is 2.15. The number of carbonyl (C=O) groups excluding carboxylic acids is 3. The second kappa shape index (κ2) is 42.5. The smallest absolute Gasteiger partial charge is 0.336 e. The molecule has 1 heterocycles. The predicted molar refractivity (Wildman–Crippen MR) is 266 cm³/mol. The molecule has 0 aliphatic heterocycles. The van der Waals surface area contributed by atoms with E-state index in [9.17, 15) is 28.8 Å². The second-order valence-corrected chi connectivity index (χ2v) is 19.9. The number of esters is 3. The van der Waals surface area contributed by atoms with Gasteiger partial charge in [0.15, 0.2) is 0 Å². The Morgan fingerprint density at radius 3 is 0.778 bits per heavy atom. The number of unbranched alkanes of at least 4 members (excludes halogenated alkanes) is 24. The van der Waals surface area contributed by atoms with Gasteiger partial charge >= 0.3 is 35.0 Å². The van der Waals surface area contributed by atoms with E-state index in [0.717, 1.165) is 69.5 Å². The summed E-state index contributed by atoms with van der Waals surface area (Å²) >= 11 is 4.51. The molecule has 15 heteroatoms. The summed E-state index contributed by atoms with van der Waals surface area (Å²) in [4.78, 5) is 77.9. The normalized spacial score (nSPS) is 11.3. The molecule has 63 heavy (non-hydrogen) atoms. The summed E-state index contributed by atoms with van der Waals surface area (Å²) in [6.45, 7) is 5.16. The first-order valence-corrected chi connectivity index (χ1v) is 28.4.